The summed E-state index contributed by atoms with van der Waals surface area (Å²) in [5.74, 6) is 0. The summed E-state index contributed by atoms with van der Waals surface area (Å²) in [5.41, 5.74) is 2.25. The van der Waals surface area contributed by atoms with Crippen LogP contribution in [0.3, 0.4) is 0 Å². The molecule has 0 spiro atoms. The van der Waals surface area contributed by atoms with Crippen molar-refractivity contribution >= 4 is 17.1 Å². The van der Waals surface area contributed by atoms with E-state index < -0.39 is 0 Å². The van der Waals surface area contributed by atoms with Crippen LogP contribution >= 0.6 is 0 Å². The first kappa shape index (κ1) is 13.1. The summed E-state index contributed by atoms with van der Waals surface area (Å²) in [6, 6.07) is 5.35. The Morgan fingerprint density at radius 3 is 2.68 bits per heavy atom. The zero-order valence-corrected chi connectivity index (χ0v) is 11.1. The van der Waals surface area contributed by atoms with Crippen LogP contribution in [0.2, 0.25) is 0 Å². The molecule has 2 aromatic rings. The molecule has 1 aromatic heterocycles. The van der Waals surface area contributed by atoms with Gasteiger partial charge < -0.3 is 5.32 Å². The second kappa shape index (κ2) is 5.09. The smallest absolute Gasteiger partial charge is 0.274 e. The summed E-state index contributed by atoms with van der Waals surface area (Å²) >= 11 is 0. The molecule has 0 fully saturated rings. The molecule has 1 heterocycles. The van der Waals surface area contributed by atoms with Gasteiger partial charge in [-0.2, -0.15) is 5.10 Å². The lowest BCUT2D eigenvalue weighted by Crippen LogP contribution is -2.00. The molecule has 0 atom stereocenters. The normalized spacial score (nSPS) is 10.7. The van der Waals surface area contributed by atoms with E-state index in [1.54, 1.807) is 19.2 Å². The van der Waals surface area contributed by atoms with Gasteiger partial charge >= 0.3 is 0 Å². The molecule has 0 unspecified atom stereocenters. The second-order valence-electron chi connectivity index (χ2n) is 4.69. The van der Waals surface area contributed by atoms with Crippen molar-refractivity contribution in [1.82, 2.24) is 9.78 Å². The minimum absolute atomic E-state index is 0.112. The van der Waals surface area contributed by atoms with E-state index in [4.69, 9.17) is 0 Å². The van der Waals surface area contributed by atoms with Gasteiger partial charge in [0.05, 0.1) is 16.8 Å². The minimum atomic E-state index is -0.377. The average Bonchev–Trinajstić information content (AvgIpc) is 2.80. The molecule has 6 heteroatoms. The summed E-state index contributed by atoms with van der Waals surface area (Å²) < 4.78 is 1.82. The number of anilines is 2. The van der Waals surface area contributed by atoms with Crippen molar-refractivity contribution in [2.75, 3.05) is 5.32 Å². The summed E-state index contributed by atoms with van der Waals surface area (Å²) in [6.45, 7) is 5.79. The first-order valence-electron chi connectivity index (χ1n) is 6.03. The molecule has 2 rings (SSSR count). The Hall–Kier alpha value is -2.37. The first-order chi connectivity index (χ1) is 8.97. The molecule has 0 amide bonds. The highest BCUT2D eigenvalue weighted by molar-refractivity contribution is 5.62. The van der Waals surface area contributed by atoms with Crippen LogP contribution in [0.4, 0.5) is 17.1 Å². The number of nitro groups is 1. The van der Waals surface area contributed by atoms with Crippen molar-refractivity contribution in [2.45, 2.75) is 26.8 Å². The van der Waals surface area contributed by atoms with Crippen LogP contribution in [0.5, 0.6) is 0 Å². The van der Waals surface area contributed by atoms with Crippen LogP contribution in [0.1, 0.15) is 25.5 Å². The number of benzene rings is 1. The number of nitrogens with one attached hydrogen (secondary N) is 1. The molecule has 0 bridgehead atoms. The van der Waals surface area contributed by atoms with Crippen molar-refractivity contribution in [3.05, 3.63) is 46.3 Å². The van der Waals surface area contributed by atoms with Crippen LogP contribution < -0.4 is 5.32 Å². The van der Waals surface area contributed by atoms with Gasteiger partial charge in [-0.05, 0) is 26.8 Å². The first-order valence-corrected chi connectivity index (χ1v) is 6.03. The van der Waals surface area contributed by atoms with Gasteiger partial charge in [-0.15, -0.1) is 0 Å². The quantitative estimate of drug-likeness (QED) is 0.675. The molecule has 1 N–H and O–H groups in total. The fourth-order valence-electron chi connectivity index (χ4n) is 1.74. The maximum absolute atomic E-state index is 10.9. The lowest BCUT2D eigenvalue weighted by Gasteiger charge is -2.05. The van der Waals surface area contributed by atoms with Gasteiger partial charge in [-0.3, -0.25) is 14.8 Å². The van der Waals surface area contributed by atoms with E-state index in [2.05, 4.69) is 10.4 Å². The topological polar surface area (TPSA) is 73.0 Å². The monoisotopic (exact) mass is 260 g/mol. The number of nitrogens with zero attached hydrogens (tertiary/aromatic N) is 3. The number of hydrogen-bond acceptors (Lipinski definition) is 4. The van der Waals surface area contributed by atoms with Crippen LogP contribution in [0.25, 0.3) is 0 Å². The predicted molar refractivity (Wildman–Crippen MR) is 73.7 cm³/mol. The van der Waals surface area contributed by atoms with Gasteiger partial charge in [0, 0.05) is 29.6 Å². The number of rotatable bonds is 4. The Kier molecular flexibility index (Phi) is 3.50. The van der Waals surface area contributed by atoms with E-state index in [1.807, 2.05) is 30.8 Å². The van der Waals surface area contributed by atoms with Crippen LogP contribution in [-0.2, 0) is 0 Å². The van der Waals surface area contributed by atoms with Crippen molar-refractivity contribution in [3.8, 4) is 0 Å². The molecular formula is C13H16N4O2. The highest BCUT2D eigenvalue weighted by atomic mass is 16.6. The molecule has 0 saturated heterocycles. The molecule has 100 valence electrons. The summed E-state index contributed by atoms with van der Waals surface area (Å²) in [4.78, 5) is 10.5. The van der Waals surface area contributed by atoms with E-state index in [0.29, 0.717) is 11.3 Å². The Bertz CT molecular complexity index is 604. The second-order valence-corrected chi connectivity index (χ2v) is 4.69. The SMILES string of the molecule is Cc1ccc(Nc2cnn(C(C)C)c2)cc1[N+](=O)[O-]. The maximum atomic E-state index is 10.9. The Morgan fingerprint density at radius 1 is 1.37 bits per heavy atom. The van der Waals surface area contributed by atoms with Gasteiger partial charge in [-0.1, -0.05) is 6.07 Å². The molecule has 0 saturated carbocycles. The maximum Gasteiger partial charge on any atom is 0.274 e. The third-order valence-electron chi connectivity index (χ3n) is 2.83. The van der Waals surface area contributed by atoms with Gasteiger partial charge in [0.2, 0.25) is 0 Å². The lowest BCUT2D eigenvalue weighted by atomic mass is 10.2. The largest absolute Gasteiger partial charge is 0.353 e. The van der Waals surface area contributed by atoms with Gasteiger partial charge in [0.15, 0.2) is 0 Å². The molecule has 0 aliphatic rings. The van der Waals surface area contributed by atoms with Crippen molar-refractivity contribution < 1.29 is 4.92 Å². The zero-order chi connectivity index (χ0) is 14.0. The third kappa shape index (κ3) is 2.90. The van der Waals surface area contributed by atoms with Crippen LogP contribution in [0.15, 0.2) is 30.6 Å². The predicted octanol–water partition coefficient (Wildman–Crippen LogP) is 3.42. The summed E-state index contributed by atoms with van der Waals surface area (Å²) in [7, 11) is 0. The molecule has 0 aliphatic carbocycles. The van der Waals surface area contributed by atoms with Gasteiger partial charge in [-0.25, -0.2) is 0 Å². The van der Waals surface area contributed by atoms with E-state index in [-0.39, 0.29) is 16.7 Å². The zero-order valence-electron chi connectivity index (χ0n) is 11.1. The van der Waals surface area contributed by atoms with E-state index in [9.17, 15) is 10.1 Å². The molecule has 19 heavy (non-hydrogen) atoms. The molecule has 0 radical (unpaired) electrons. The summed E-state index contributed by atoms with van der Waals surface area (Å²) in [6.07, 6.45) is 3.57. The van der Waals surface area contributed by atoms with Gasteiger partial charge in [0.1, 0.15) is 0 Å². The average molecular weight is 260 g/mol. The lowest BCUT2D eigenvalue weighted by molar-refractivity contribution is -0.385. The fraction of sp³-hybridized carbons (Fsp3) is 0.308. The number of aryl methyl sites for hydroxylation is 1. The van der Waals surface area contributed by atoms with Crippen molar-refractivity contribution in [3.63, 3.8) is 0 Å². The van der Waals surface area contributed by atoms with E-state index in [1.165, 1.54) is 6.07 Å². The van der Waals surface area contributed by atoms with Crippen LogP contribution in [-0.4, -0.2) is 14.7 Å². The molecule has 0 aliphatic heterocycles. The minimum Gasteiger partial charge on any atom is -0.353 e. The standard InChI is InChI=1S/C13H16N4O2/c1-9(2)16-8-12(7-14-16)15-11-5-4-10(3)13(6-11)17(18)19/h4-9,15H,1-3H3. The highest BCUT2D eigenvalue weighted by Crippen LogP contribution is 2.25. The molecule has 1 aromatic carbocycles. The van der Waals surface area contributed by atoms with Crippen LogP contribution in [0, 0.1) is 17.0 Å². The summed E-state index contributed by atoms with van der Waals surface area (Å²) in [5, 5.41) is 18.2. The van der Waals surface area contributed by atoms with Crippen molar-refractivity contribution in [1.29, 1.82) is 0 Å². The Morgan fingerprint density at radius 2 is 2.11 bits per heavy atom. The van der Waals surface area contributed by atoms with E-state index >= 15 is 0 Å². The highest BCUT2D eigenvalue weighted by Gasteiger charge is 2.11. The van der Waals surface area contributed by atoms with Crippen molar-refractivity contribution in [2.24, 2.45) is 0 Å². The number of nitro benzene ring substituents is 1. The Labute approximate surface area is 111 Å². The third-order valence-corrected chi connectivity index (χ3v) is 2.83. The molecule has 6 nitrogen and oxygen atoms in total. The van der Waals surface area contributed by atoms with Gasteiger partial charge in [0.25, 0.3) is 5.69 Å². The fourth-order valence-corrected chi connectivity index (χ4v) is 1.74. The Balaban J connectivity index is 2.23. The number of aromatic nitrogens is 2. The number of hydrogen-bond donors (Lipinski definition) is 1. The van der Waals surface area contributed by atoms with E-state index in [0.717, 1.165) is 5.69 Å². The molecular weight excluding hydrogens is 244 g/mol.